The minimum Gasteiger partial charge on any atom is -0.369 e. The van der Waals surface area contributed by atoms with Crippen LogP contribution in [0.1, 0.15) is 12.8 Å². The molecule has 0 aromatic rings. The van der Waals surface area contributed by atoms with E-state index in [0.29, 0.717) is 0 Å². The van der Waals surface area contributed by atoms with E-state index in [-0.39, 0.29) is 0 Å². The smallest absolute Gasteiger partial charge is 0.107 e. The van der Waals surface area contributed by atoms with E-state index >= 15 is 0 Å². The Kier molecular flexibility index (Phi) is 1.31. The predicted octanol–water partition coefficient (Wildman–Crippen LogP) is 1.22. The van der Waals surface area contributed by atoms with Gasteiger partial charge >= 0.3 is 0 Å². The lowest BCUT2D eigenvalue weighted by molar-refractivity contribution is 0.772. The maximum absolute atomic E-state index is 4.13. The Balaban J connectivity index is 2.25. The number of aliphatic imine (C=N–C) groups is 1. The fourth-order valence-corrected chi connectivity index (χ4v) is 1.28. The summed E-state index contributed by atoms with van der Waals surface area (Å²) in [6, 6.07) is 0. The molecule has 0 radical (unpaired) electrons. The van der Waals surface area contributed by atoms with Crippen molar-refractivity contribution in [1.29, 1.82) is 0 Å². The van der Waals surface area contributed by atoms with E-state index in [2.05, 4.69) is 22.5 Å². The third-order valence-electron chi connectivity index (χ3n) is 1.84. The van der Waals surface area contributed by atoms with E-state index in [1.54, 1.807) is 0 Å². The van der Waals surface area contributed by atoms with Gasteiger partial charge in [0.1, 0.15) is 6.67 Å². The van der Waals surface area contributed by atoms with Gasteiger partial charge in [-0.2, -0.15) is 0 Å². The second-order valence-electron chi connectivity index (χ2n) is 2.53. The molecule has 0 saturated heterocycles. The number of hydrogen-bond donors (Lipinski definition) is 1. The fourth-order valence-electron chi connectivity index (χ4n) is 1.28. The topological polar surface area (TPSA) is 24.4 Å². The summed E-state index contributed by atoms with van der Waals surface area (Å²) in [5, 5.41) is 3.25. The number of hydrogen-bond acceptors (Lipinski definition) is 2. The molecule has 0 fully saturated rings. The van der Waals surface area contributed by atoms with Crippen LogP contribution < -0.4 is 5.32 Å². The van der Waals surface area contributed by atoms with Crippen LogP contribution >= 0.6 is 0 Å². The Bertz CT molecular complexity index is 223. The van der Waals surface area contributed by atoms with E-state index in [9.17, 15) is 0 Å². The molecule has 1 N–H and O–H groups in total. The molecule has 1 heterocycles. The van der Waals surface area contributed by atoms with Gasteiger partial charge < -0.3 is 5.32 Å². The molecule has 2 rings (SSSR count). The van der Waals surface area contributed by atoms with Gasteiger partial charge in [-0.05, 0) is 12.0 Å². The van der Waals surface area contributed by atoms with Crippen molar-refractivity contribution < 1.29 is 0 Å². The highest BCUT2D eigenvalue weighted by molar-refractivity contribution is 5.81. The zero-order chi connectivity index (χ0) is 6.81. The first-order chi connectivity index (χ1) is 4.97. The van der Waals surface area contributed by atoms with Crippen LogP contribution in [0.25, 0.3) is 0 Å². The lowest BCUT2D eigenvalue weighted by Gasteiger charge is -2.17. The van der Waals surface area contributed by atoms with Gasteiger partial charge in [-0.15, -0.1) is 0 Å². The summed E-state index contributed by atoms with van der Waals surface area (Å²) in [6.45, 7) is 0.757. The summed E-state index contributed by atoms with van der Waals surface area (Å²) in [7, 11) is 0. The Morgan fingerprint density at radius 2 is 2.20 bits per heavy atom. The first-order valence-corrected chi connectivity index (χ1v) is 3.57. The summed E-state index contributed by atoms with van der Waals surface area (Å²) >= 11 is 0. The van der Waals surface area contributed by atoms with Gasteiger partial charge in [0.2, 0.25) is 0 Å². The second kappa shape index (κ2) is 2.29. The molecular formula is C8H10N2. The minimum atomic E-state index is 0.757. The highest BCUT2D eigenvalue weighted by Gasteiger charge is 2.08. The van der Waals surface area contributed by atoms with Crippen molar-refractivity contribution in [2.24, 2.45) is 4.99 Å². The van der Waals surface area contributed by atoms with Gasteiger partial charge in [-0.1, -0.05) is 12.2 Å². The Morgan fingerprint density at radius 3 is 3.10 bits per heavy atom. The van der Waals surface area contributed by atoms with Crippen LogP contribution in [0.3, 0.4) is 0 Å². The zero-order valence-corrected chi connectivity index (χ0v) is 5.80. The van der Waals surface area contributed by atoms with E-state index in [1.165, 1.54) is 11.3 Å². The standard InChI is InChI=1S/C8H10N2/c1-2-4-8-7(3-1)5-9-6-10-8/h1-2,5,10H,3-4,6H2. The summed E-state index contributed by atoms with van der Waals surface area (Å²) < 4.78 is 0. The van der Waals surface area contributed by atoms with Gasteiger partial charge in [-0.3, -0.25) is 4.99 Å². The molecule has 0 aromatic carbocycles. The van der Waals surface area contributed by atoms with E-state index in [0.717, 1.165) is 19.5 Å². The van der Waals surface area contributed by atoms with Crippen LogP contribution in [-0.2, 0) is 0 Å². The van der Waals surface area contributed by atoms with Crippen LogP contribution in [0.2, 0.25) is 0 Å². The average molecular weight is 134 g/mol. The third-order valence-corrected chi connectivity index (χ3v) is 1.84. The Labute approximate surface area is 60.3 Å². The normalized spacial score (nSPS) is 22.4. The molecule has 0 bridgehead atoms. The second-order valence-corrected chi connectivity index (χ2v) is 2.53. The van der Waals surface area contributed by atoms with Crippen LogP contribution in [0.15, 0.2) is 28.4 Å². The molecule has 0 amide bonds. The molecule has 2 heteroatoms. The molecule has 1 aliphatic carbocycles. The van der Waals surface area contributed by atoms with Gasteiger partial charge in [-0.25, -0.2) is 0 Å². The quantitative estimate of drug-likeness (QED) is 0.495. The van der Waals surface area contributed by atoms with Crippen molar-refractivity contribution in [3.63, 3.8) is 0 Å². The first kappa shape index (κ1) is 5.71. The lowest BCUT2D eigenvalue weighted by atomic mass is 10.0. The van der Waals surface area contributed by atoms with Crippen LogP contribution in [-0.4, -0.2) is 12.9 Å². The number of nitrogens with zero attached hydrogens (tertiary/aromatic N) is 1. The highest BCUT2D eigenvalue weighted by Crippen LogP contribution is 2.17. The van der Waals surface area contributed by atoms with Crippen molar-refractivity contribution in [1.82, 2.24) is 5.32 Å². The van der Waals surface area contributed by atoms with Crippen LogP contribution in [0.4, 0.5) is 0 Å². The molecule has 0 atom stereocenters. The SMILES string of the molecule is C1=CCC2=C(C=NCN2)C1. The van der Waals surface area contributed by atoms with Crippen molar-refractivity contribution in [3.8, 4) is 0 Å². The number of rotatable bonds is 0. The van der Waals surface area contributed by atoms with Crippen molar-refractivity contribution in [2.75, 3.05) is 6.67 Å². The third kappa shape index (κ3) is 0.856. The van der Waals surface area contributed by atoms with E-state index in [4.69, 9.17) is 0 Å². The summed E-state index contributed by atoms with van der Waals surface area (Å²) in [5.74, 6) is 0. The molecule has 10 heavy (non-hydrogen) atoms. The summed E-state index contributed by atoms with van der Waals surface area (Å²) in [6.07, 6.45) is 8.48. The number of allylic oxidation sites excluding steroid dienone is 3. The first-order valence-electron chi connectivity index (χ1n) is 3.57. The van der Waals surface area contributed by atoms with Crippen LogP contribution in [0.5, 0.6) is 0 Å². The van der Waals surface area contributed by atoms with Crippen LogP contribution in [0, 0.1) is 0 Å². The molecule has 2 nitrogen and oxygen atoms in total. The van der Waals surface area contributed by atoms with E-state index in [1.807, 2.05) is 6.21 Å². The predicted molar refractivity (Wildman–Crippen MR) is 41.9 cm³/mol. The number of nitrogens with one attached hydrogen (secondary N) is 1. The van der Waals surface area contributed by atoms with Gasteiger partial charge in [0, 0.05) is 18.3 Å². The highest BCUT2D eigenvalue weighted by atomic mass is 15.0. The summed E-state index contributed by atoms with van der Waals surface area (Å²) in [5.41, 5.74) is 2.71. The average Bonchev–Trinajstić information content (AvgIpc) is 2.05. The monoisotopic (exact) mass is 134 g/mol. The molecule has 0 aromatic heterocycles. The molecular weight excluding hydrogens is 124 g/mol. The Morgan fingerprint density at radius 1 is 1.30 bits per heavy atom. The minimum absolute atomic E-state index is 0.757. The summed E-state index contributed by atoms with van der Waals surface area (Å²) in [4.78, 5) is 4.13. The van der Waals surface area contributed by atoms with Gasteiger partial charge in [0.05, 0.1) is 0 Å². The largest absolute Gasteiger partial charge is 0.369 e. The molecule has 1 aliphatic heterocycles. The van der Waals surface area contributed by atoms with Crippen molar-refractivity contribution in [3.05, 3.63) is 23.4 Å². The Hall–Kier alpha value is -1.05. The van der Waals surface area contributed by atoms with Crippen molar-refractivity contribution in [2.45, 2.75) is 12.8 Å². The van der Waals surface area contributed by atoms with Gasteiger partial charge in [0.15, 0.2) is 0 Å². The molecule has 2 aliphatic rings. The molecule has 0 saturated carbocycles. The van der Waals surface area contributed by atoms with Gasteiger partial charge in [0.25, 0.3) is 0 Å². The molecule has 0 spiro atoms. The van der Waals surface area contributed by atoms with E-state index < -0.39 is 0 Å². The van der Waals surface area contributed by atoms with Crippen molar-refractivity contribution >= 4 is 6.21 Å². The molecule has 52 valence electrons. The maximum Gasteiger partial charge on any atom is 0.107 e. The lowest BCUT2D eigenvalue weighted by Crippen LogP contribution is -2.20. The fraction of sp³-hybridized carbons (Fsp3) is 0.375. The molecule has 0 unspecified atom stereocenters. The maximum atomic E-state index is 4.13. The zero-order valence-electron chi connectivity index (χ0n) is 5.80.